The van der Waals surface area contributed by atoms with E-state index in [4.69, 9.17) is 14.0 Å². The van der Waals surface area contributed by atoms with Gasteiger partial charge in [-0.15, -0.1) is 0 Å². The van der Waals surface area contributed by atoms with Crippen LogP contribution in [0.3, 0.4) is 0 Å². The standard InChI is InChI=1S/C22H23FN4O4/c1-29-19-8-5-14(9-21(19)30-2)20-10-16(27-31-20)12-24-22(28)18-11-17(25-26-18)13-3-6-15(23)7-4-13/h3-10,17-18,25-26H,11-12H2,1-2H3,(H,24,28). The van der Waals surface area contributed by atoms with Crippen molar-refractivity contribution in [2.75, 3.05) is 14.2 Å². The molecule has 1 aromatic heterocycles. The van der Waals surface area contributed by atoms with Crippen molar-refractivity contribution >= 4 is 5.91 Å². The van der Waals surface area contributed by atoms with Gasteiger partial charge in [0.2, 0.25) is 5.91 Å². The fourth-order valence-corrected chi connectivity index (χ4v) is 3.46. The summed E-state index contributed by atoms with van der Waals surface area (Å²) >= 11 is 0. The molecule has 2 heterocycles. The van der Waals surface area contributed by atoms with Crippen LogP contribution in [0.5, 0.6) is 11.5 Å². The molecule has 3 aromatic rings. The molecule has 0 radical (unpaired) electrons. The van der Waals surface area contributed by atoms with Gasteiger partial charge in [0.15, 0.2) is 17.3 Å². The highest BCUT2D eigenvalue weighted by Gasteiger charge is 2.30. The van der Waals surface area contributed by atoms with Crippen LogP contribution in [-0.2, 0) is 11.3 Å². The first-order valence-corrected chi connectivity index (χ1v) is 9.79. The molecule has 1 aliphatic rings. The van der Waals surface area contributed by atoms with Gasteiger partial charge in [0.1, 0.15) is 17.6 Å². The van der Waals surface area contributed by atoms with Crippen LogP contribution in [0.15, 0.2) is 53.1 Å². The number of hydrogen-bond donors (Lipinski definition) is 3. The molecule has 2 aromatic carbocycles. The zero-order valence-corrected chi connectivity index (χ0v) is 17.1. The second-order valence-corrected chi connectivity index (χ2v) is 7.15. The monoisotopic (exact) mass is 426 g/mol. The number of nitrogens with zero attached hydrogens (tertiary/aromatic N) is 1. The summed E-state index contributed by atoms with van der Waals surface area (Å²) in [5, 5.41) is 6.89. The molecule has 0 aliphatic carbocycles. The highest BCUT2D eigenvalue weighted by molar-refractivity contribution is 5.82. The molecule has 8 nitrogen and oxygen atoms in total. The summed E-state index contributed by atoms with van der Waals surface area (Å²) < 4.78 is 29.1. The third kappa shape index (κ3) is 4.68. The van der Waals surface area contributed by atoms with Crippen molar-refractivity contribution in [3.8, 4) is 22.8 Å². The van der Waals surface area contributed by atoms with Crippen molar-refractivity contribution in [3.63, 3.8) is 0 Å². The number of carbonyl (C=O) groups is 1. The highest BCUT2D eigenvalue weighted by atomic mass is 19.1. The first-order chi connectivity index (χ1) is 15.1. The molecule has 1 saturated heterocycles. The molecule has 9 heteroatoms. The lowest BCUT2D eigenvalue weighted by Crippen LogP contribution is -2.42. The number of hydrogen-bond acceptors (Lipinski definition) is 7. The van der Waals surface area contributed by atoms with Crippen molar-refractivity contribution in [1.82, 2.24) is 21.3 Å². The van der Waals surface area contributed by atoms with Crippen molar-refractivity contribution in [2.45, 2.75) is 25.0 Å². The molecule has 0 bridgehead atoms. The van der Waals surface area contributed by atoms with Crippen LogP contribution >= 0.6 is 0 Å². The Morgan fingerprint density at radius 3 is 2.65 bits per heavy atom. The van der Waals surface area contributed by atoms with Gasteiger partial charge >= 0.3 is 0 Å². The van der Waals surface area contributed by atoms with Crippen LogP contribution in [-0.4, -0.2) is 31.3 Å². The van der Waals surface area contributed by atoms with Gasteiger partial charge < -0.3 is 19.3 Å². The Morgan fingerprint density at radius 1 is 1.13 bits per heavy atom. The van der Waals surface area contributed by atoms with E-state index in [0.717, 1.165) is 11.1 Å². The number of rotatable bonds is 7. The maximum Gasteiger partial charge on any atom is 0.238 e. The van der Waals surface area contributed by atoms with Gasteiger partial charge in [-0.1, -0.05) is 17.3 Å². The number of ether oxygens (including phenoxy) is 2. The third-order valence-corrected chi connectivity index (χ3v) is 5.16. The molecule has 31 heavy (non-hydrogen) atoms. The Balaban J connectivity index is 1.33. The normalized spacial score (nSPS) is 18.0. The van der Waals surface area contributed by atoms with Crippen LogP contribution in [0.25, 0.3) is 11.3 Å². The van der Waals surface area contributed by atoms with E-state index < -0.39 is 6.04 Å². The van der Waals surface area contributed by atoms with E-state index in [1.54, 1.807) is 44.6 Å². The van der Waals surface area contributed by atoms with Gasteiger partial charge in [0.25, 0.3) is 0 Å². The van der Waals surface area contributed by atoms with Crippen molar-refractivity contribution in [2.24, 2.45) is 0 Å². The van der Waals surface area contributed by atoms with Crippen LogP contribution < -0.4 is 25.6 Å². The Bertz CT molecular complexity index is 1050. The summed E-state index contributed by atoms with van der Waals surface area (Å²) in [5.41, 5.74) is 8.36. The summed E-state index contributed by atoms with van der Waals surface area (Å²) in [6.45, 7) is 0.231. The van der Waals surface area contributed by atoms with E-state index in [9.17, 15) is 9.18 Å². The predicted molar refractivity (Wildman–Crippen MR) is 111 cm³/mol. The average molecular weight is 426 g/mol. The van der Waals surface area contributed by atoms with E-state index >= 15 is 0 Å². The number of aromatic nitrogens is 1. The fourth-order valence-electron chi connectivity index (χ4n) is 3.46. The number of amides is 1. The molecule has 1 fully saturated rings. The number of carbonyl (C=O) groups excluding carboxylic acids is 1. The summed E-state index contributed by atoms with van der Waals surface area (Å²) in [5.74, 6) is 1.32. The van der Waals surface area contributed by atoms with Crippen LogP contribution in [0.2, 0.25) is 0 Å². The highest BCUT2D eigenvalue weighted by Crippen LogP contribution is 2.32. The Morgan fingerprint density at radius 2 is 1.90 bits per heavy atom. The zero-order chi connectivity index (χ0) is 21.8. The number of methoxy groups -OCH3 is 2. The minimum absolute atomic E-state index is 0.0694. The summed E-state index contributed by atoms with van der Waals surface area (Å²) in [6, 6.07) is 12.9. The lowest BCUT2D eigenvalue weighted by molar-refractivity contribution is -0.123. The van der Waals surface area contributed by atoms with Gasteiger partial charge in [-0.05, 0) is 42.3 Å². The van der Waals surface area contributed by atoms with Crippen molar-refractivity contribution in [3.05, 3.63) is 65.6 Å². The predicted octanol–water partition coefficient (Wildman–Crippen LogP) is 2.72. The quantitative estimate of drug-likeness (QED) is 0.534. The van der Waals surface area contributed by atoms with Gasteiger partial charge in [-0.3, -0.25) is 4.79 Å². The maximum absolute atomic E-state index is 13.1. The fraction of sp³-hybridized carbons (Fsp3) is 0.273. The molecule has 2 unspecified atom stereocenters. The second kappa shape index (κ2) is 9.15. The second-order valence-electron chi connectivity index (χ2n) is 7.15. The lowest BCUT2D eigenvalue weighted by Gasteiger charge is -2.10. The van der Waals surface area contributed by atoms with Gasteiger partial charge in [0.05, 0.1) is 20.8 Å². The van der Waals surface area contributed by atoms with Gasteiger partial charge in [-0.25, -0.2) is 15.2 Å². The maximum atomic E-state index is 13.1. The number of hydrazine groups is 1. The number of halogens is 1. The Hall–Kier alpha value is -3.43. The number of benzene rings is 2. The molecule has 162 valence electrons. The van der Waals surface area contributed by atoms with Gasteiger partial charge in [-0.2, -0.15) is 0 Å². The summed E-state index contributed by atoms with van der Waals surface area (Å²) in [7, 11) is 3.14. The third-order valence-electron chi connectivity index (χ3n) is 5.16. The number of nitrogens with one attached hydrogen (secondary N) is 3. The van der Waals surface area contributed by atoms with E-state index in [-0.39, 0.29) is 24.3 Å². The van der Waals surface area contributed by atoms with Gasteiger partial charge in [0, 0.05) is 17.7 Å². The van der Waals surface area contributed by atoms with E-state index in [1.165, 1.54) is 12.1 Å². The first kappa shape index (κ1) is 20.8. The largest absolute Gasteiger partial charge is 0.493 e. The molecule has 2 atom stereocenters. The molecular weight excluding hydrogens is 403 g/mol. The molecule has 3 N–H and O–H groups in total. The Kier molecular flexibility index (Phi) is 6.15. The minimum atomic E-state index is -0.410. The lowest BCUT2D eigenvalue weighted by atomic mass is 10.0. The van der Waals surface area contributed by atoms with Crippen LogP contribution in [0, 0.1) is 5.82 Å². The van der Waals surface area contributed by atoms with Crippen LogP contribution in [0.4, 0.5) is 4.39 Å². The molecule has 1 aliphatic heterocycles. The molecule has 4 rings (SSSR count). The molecular formula is C22H23FN4O4. The smallest absolute Gasteiger partial charge is 0.238 e. The zero-order valence-electron chi connectivity index (χ0n) is 17.1. The van der Waals surface area contributed by atoms with E-state index in [1.807, 2.05) is 6.07 Å². The topological polar surface area (TPSA) is 97.7 Å². The minimum Gasteiger partial charge on any atom is -0.493 e. The molecule has 0 saturated carbocycles. The van der Waals surface area contributed by atoms with Crippen LogP contribution in [0.1, 0.15) is 23.7 Å². The van der Waals surface area contributed by atoms with Crippen molar-refractivity contribution in [1.29, 1.82) is 0 Å². The summed E-state index contributed by atoms with van der Waals surface area (Å²) in [4.78, 5) is 12.5. The van der Waals surface area contributed by atoms with Crippen molar-refractivity contribution < 1.29 is 23.2 Å². The molecule has 1 amide bonds. The Labute approximate surface area is 178 Å². The SMILES string of the molecule is COc1ccc(-c2cc(CNC(=O)C3CC(c4ccc(F)cc4)NN3)no2)cc1OC. The van der Waals surface area contributed by atoms with E-state index in [2.05, 4.69) is 21.3 Å². The van der Waals surface area contributed by atoms with E-state index in [0.29, 0.717) is 29.4 Å². The first-order valence-electron chi connectivity index (χ1n) is 9.79. The molecule has 0 spiro atoms. The average Bonchev–Trinajstić information content (AvgIpc) is 3.48. The summed E-state index contributed by atoms with van der Waals surface area (Å²) in [6.07, 6.45) is 0.549.